The van der Waals surface area contributed by atoms with E-state index in [-0.39, 0.29) is 6.04 Å². The minimum Gasteiger partial charge on any atom is -0.304 e. The van der Waals surface area contributed by atoms with Gasteiger partial charge in [-0.15, -0.1) is 6.42 Å². The number of benzene rings is 1. The molecule has 1 nitrogen and oxygen atoms in total. The zero-order valence-electron chi connectivity index (χ0n) is 10.1. The normalized spacial score (nSPS) is 12.0. The molecule has 0 amide bonds. The third-order valence-corrected chi connectivity index (χ3v) is 2.64. The lowest BCUT2D eigenvalue weighted by atomic mass is 10.1. The van der Waals surface area contributed by atoms with Crippen LogP contribution in [0.5, 0.6) is 0 Å². The van der Waals surface area contributed by atoms with Crippen LogP contribution >= 0.6 is 0 Å². The van der Waals surface area contributed by atoms with E-state index in [1.165, 1.54) is 5.56 Å². The van der Waals surface area contributed by atoms with Gasteiger partial charge in [0.25, 0.3) is 0 Å². The molecule has 1 aromatic carbocycles. The molecule has 0 saturated carbocycles. The molecule has 0 spiro atoms. The molecule has 0 bridgehead atoms. The molecule has 1 heteroatoms. The van der Waals surface area contributed by atoms with Crippen LogP contribution in [0.1, 0.15) is 31.7 Å². The lowest BCUT2D eigenvalue weighted by Crippen LogP contribution is -2.28. The second-order valence-corrected chi connectivity index (χ2v) is 4.05. The average Bonchev–Trinajstić information content (AvgIpc) is 2.35. The van der Waals surface area contributed by atoms with Crippen molar-refractivity contribution in [2.45, 2.75) is 38.6 Å². The molecule has 86 valence electrons. The maximum atomic E-state index is 5.48. The van der Waals surface area contributed by atoms with Crippen LogP contribution in [0.2, 0.25) is 0 Å². The predicted octanol–water partition coefficient (Wildman–Crippen LogP) is 3.01. The van der Waals surface area contributed by atoms with Crippen LogP contribution in [0, 0.1) is 12.3 Å². The van der Waals surface area contributed by atoms with Crippen LogP contribution in [0.3, 0.4) is 0 Å². The molecule has 1 atom stereocenters. The van der Waals surface area contributed by atoms with Crippen LogP contribution in [0.15, 0.2) is 30.3 Å². The Kier molecular flexibility index (Phi) is 6.37. The highest BCUT2D eigenvalue weighted by atomic mass is 14.9. The first-order valence-corrected chi connectivity index (χ1v) is 6.10. The van der Waals surface area contributed by atoms with Gasteiger partial charge in [-0.2, -0.15) is 0 Å². The Labute approximate surface area is 99.3 Å². The van der Waals surface area contributed by atoms with Crippen LogP contribution < -0.4 is 5.32 Å². The number of nitrogens with one attached hydrogen (secondary N) is 1. The van der Waals surface area contributed by atoms with Gasteiger partial charge in [0.1, 0.15) is 0 Å². The molecule has 1 rings (SSSR count). The van der Waals surface area contributed by atoms with Crippen molar-refractivity contribution in [3.05, 3.63) is 35.9 Å². The van der Waals surface area contributed by atoms with Gasteiger partial charge in [0, 0.05) is 0 Å². The number of hydrogen-bond donors (Lipinski definition) is 1. The summed E-state index contributed by atoms with van der Waals surface area (Å²) < 4.78 is 0. The van der Waals surface area contributed by atoms with Crippen molar-refractivity contribution in [1.82, 2.24) is 5.32 Å². The third kappa shape index (κ3) is 5.00. The van der Waals surface area contributed by atoms with E-state index >= 15 is 0 Å². The highest BCUT2D eigenvalue weighted by molar-refractivity contribution is 5.14. The minimum atomic E-state index is 0.240. The first-order chi connectivity index (χ1) is 7.86. The summed E-state index contributed by atoms with van der Waals surface area (Å²) in [7, 11) is 0. The van der Waals surface area contributed by atoms with E-state index in [0.717, 1.165) is 32.2 Å². The fourth-order valence-corrected chi connectivity index (χ4v) is 1.72. The van der Waals surface area contributed by atoms with Crippen molar-refractivity contribution in [3.8, 4) is 12.3 Å². The van der Waals surface area contributed by atoms with Gasteiger partial charge < -0.3 is 5.32 Å². The molecule has 16 heavy (non-hydrogen) atoms. The molecule has 0 aromatic heterocycles. The van der Waals surface area contributed by atoms with Crippen molar-refractivity contribution in [2.75, 3.05) is 6.54 Å². The lowest BCUT2D eigenvalue weighted by Gasteiger charge is -2.11. The van der Waals surface area contributed by atoms with Crippen LogP contribution in [-0.4, -0.2) is 12.6 Å². The van der Waals surface area contributed by atoms with Crippen molar-refractivity contribution in [1.29, 1.82) is 0 Å². The Hall–Kier alpha value is -1.26. The summed E-state index contributed by atoms with van der Waals surface area (Å²) >= 11 is 0. The van der Waals surface area contributed by atoms with E-state index in [4.69, 9.17) is 6.42 Å². The Balaban J connectivity index is 2.21. The quantitative estimate of drug-likeness (QED) is 0.689. The SMILES string of the molecule is C#CC(CCCc1ccccc1)NCCC. The largest absolute Gasteiger partial charge is 0.304 e. The average molecular weight is 215 g/mol. The summed E-state index contributed by atoms with van der Waals surface area (Å²) in [5, 5.41) is 3.37. The van der Waals surface area contributed by atoms with Gasteiger partial charge in [0.05, 0.1) is 6.04 Å². The lowest BCUT2D eigenvalue weighted by molar-refractivity contribution is 0.548. The zero-order chi connectivity index (χ0) is 11.6. The molecule has 1 aromatic rings. The van der Waals surface area contributed by atoms with Crippen molar-refractivity contribution >= 4 is 0 Å². The molecule has 1 unspecified atom stereocenters. The minimum absolute atomic E-state index is 0.240. The van der Waals surface area contributed by atoms with E-state index in [2.05, 4.69) is 48.5 Å². The van der Waals surface area contributed by atoms with Gasteiger partial charge in [-0.3, -0.25) is 0 Å². The summed E-state index contributed by atoms with van der Waals surface area (Å²) in [4.78, 5) is 0. The van der Waals surface area contributed by atoms with Crippen molar-refractivity contribution < 1.29 is 0 Å². The van der Waals surface area contributed by atoms with Crippen LogP contribution in [-0.2, 0) is 6.42 Å². The molecule has 0 aliphatic carbocycles. The van der Waals surface area contributed by atoms with Gasteiger partial charge in [-0.05, 0) is 37.8 Å². The first-order valence-electron chi connectivity index (χ1n) is 6.10. The summed E-state index contributed by atoms with van der Waals surface area (Å²) in [6, 6.07) is 10.8. The highest BCUT2D eigenvalue weighted by Gasteiger charge is 2.02. The Bertz CT molecular complexity index is 310. The molecular formula is C15H21N. The fourth-order valence-electron chi connectivity index (χ4n) is 1.72. The van der Waals surface area contributed by atoms with Crippen LogP contribution in [0.4, 0.5) is 0 Å². The number of rotatable bonds is 7. The van der Waals surface area contributed by atoms with Gasteiger partial charge in [-0.25, -0.2) is 0 Å². The van der Waals surface area contributed by atoms with E-state index in [9.17, 15) is 0 Å². The zero-order valence-corrected chi connectivity index (χ0v) is 10.1. The fraction of sp³-hybridized carbons (Fsp3) is 0.467. The Morgan fingerprint density at radius 1 is 1.31 bits per heavy atom. The monoisotopic (exact) mass is 215 g/mol. The summed E-state index contributed by atoms with van der Waals surface area (Å²) in [5.74, 6) is 2.81. The highest BCUT2D eigenvalue weighted by Crippen LogP contribution is 2.06. The number of aryl methyl sites for hydroxylation is 1. The Morgan fingerprint density at radius 3 is 2.69 bits per heavy atom. The van der Waals surface area contributed by atoms with Crippen molar-refractivity contribution in [3.63, 3.8) is 0 Å². The molecule has 1 N–H and O–H groups in total. The topological polar surface area (TPSA) is 12.0 Å². The molecule has 0 fully saturated rings. The third-order valence-electron chi connectivity index (χ3n) is 2.64. The standard InChI is InChI=1S/C15H21N/c1-3-13-16-15(4-2)12-8-11-14-9-6-5-7-10-14/h2,5-7,9-10,15-16H,3,8,11-13H2,1H3. The molecule has 0 heterocycles. The summed E-state index contributed by atoms with van der Waals surface area (Å²) in [6.07, 6.45) is 9.94. The number of terminal acetylenes is 1. The first kappa shape index (κ1) is 12.8. The maximum absolute atomic E-state index is 5.48. The predicted molar refractivity (Wildman–Crippen MR) is 70.3 cm³/mol. The smallest absolute Gasteiger partial charge is 0.0687 e. The molecular weight excluding hydrogens is 194 g/mol. The van der Waals surface area contributed by atoms with E-state index < -0.39 is 0 Å². The van der Waals surface area contributed by atoms with E-state index in [1.807, 2.05) is 0 Å². The second kappa shape index (κ2) is 7.96. The second-order valence-electron chi connectivity index (χ2n) is 4.05. The maximum Gasteiger partial charge on any atom is 0.0687 e. The number of hydrogen-bond acceptors (Lipinski definition) is 1. The molecule has 0 aliphatic heterocycles. The summed E-state index contributed by atoms with van der Waals surface area (Å²) in [5.41, 5.74) is 1.40. The van der Waals surface area contributed by atoms with Gasteiger partial charge >= 0.3 is 0 Å². The van der Waals surface area contributed by atoms with Crippen molar-refractivity contribution in [2.24, 2.45) is 0 Å². The Morgan fingerprint density at radius 2 is 2.06 bits per heavy atom. The molecule has 0 saturated heterocycles. The van der Waals surface area contributed by atoms with Gasteiger partial charge in [0.2, 0.25) is 0 Å². The van der Waals surface area contributed by atoms with Gasteiger partial charge in [-0.1, -0.05) is 43.2 Å². The van der Waals surface area contributed by atoms with Gasteiger partial charge in [0.15, 0.2) is 0 Å². The van der Waals surface area contributed by atoms with E-state index in [0.29, 0.717) is 0 Å². The molecule has 0 radical (unpaired) electrons. The van der Waals surface area contributed by atoms with Crippen LogP contribution in [0.25, 0.3) is 0 Å². The molecule has 0 aliphatic rings. The summed E-state index contributed by atoms with van der Waals surface area (Å²) in [6.45, 7) is 3.17. The van der Waals surface area contributed by atoms with E-state index in [1.54, 1.807) is 0 Å².